The van der Waals surface area contributed by atoms with Gasteiger partial charge in [0.25, 0.3) is 0 Å². The SMILES string of the molecule is CN(Cc1ccc(Cl)cc1)Cc1csc(=Nc2ccc(OC(F)(F)F)cc2)n1CCCNC(=O)O. The number of alkyl halides is 3. The molecule has 0 radical (unpaired) electrons. The Morgan fingerprint density at radius 2 is 1.86 bits per heavy atom. The van der Waals surface area contributed by atoms with Crippen LogP contribution in [0.25, 0.3) is 0 Å². The average molecular weight is 529 g/mol. The number of amides is 1. The number of nitrogens with one attached hydrogen (secondary N) is 1. The average Bonchev–Trinajstić information content (AvgIpc) is 3.14. The molecule has 1 heterocycles. The molecule has 0 aliphatic rings. The number of rotatable bonds is 10. The first kappa shape index (κ1) is 26.6. The highest BCUT2D eigenvalue weighted by Gasteiger charge is 2.30. The predicted octanol–water partition coefficient (Wildman–Crippen LogP) is 5.62. The van der Waals surface area contributed by atoms with Crippen LogP contribution >= 0.6 is 22.9 Å². The Bertz CT molecular complexity index is 1180. The molecule has 35 heavy (non-hydrogen) atoms. The highest BCUT2D eigenvalue weighted by Crippen LogP contribution is 2.25. The second-order valence-electron chi connectivity index (χ2n) is 7.70. The number of aromatic nitrogens is 1. The van der Waals surface area contributed by atoms with E-state index in [0.29, 0.717) is 41.6 Å². The van der Waals surface area contributed by atoms with Gasteiger partial charge in [-0.05, 0) is 55.4 Å². The molecule has 0 saturated carbocycles. The Morgan fingerprint density at radius 3 is 2.49 bits per heavy atom. The lowest BCUT2D eigenvalue weighted by atomic mass is 10.2. The third kappa shape index (κ3) is 8.93. The molecule has 0 spiro atoms. The van der Waals surface area contributed by atoms with Gasteiger partial charge < -0.3 is 19.7 Å². The van der Waals surface area contributed by atoms with Gasteiger partial charge in [-0.3, -0.25) is 4.90 Å². The minimum absolute atomic E-state index is 0.279. The van der Waals surface area contributed by atoms with Crippen LogP contribution in [-0.2, 0) is 19.6 Å². The second-order valence-corrected chi connectivity index (χ2v) is 8.97. The number of halogens is 4. The van der Waals surface area contributed by atoms with E-state index >= 15 is 0 Å². The van der Waals surface area contributed by atoms with Crippen LogP contribution in [0.3, 0.4) is 0 Å². The maximum Gasteiger partial charge on any atom is 0.573 e. The molecule has 188 valence electrons. The molecule has 3 aromatic rings. The summed E-state index contributed by atoms with van der Waals surface area (Å²) < 4.78 is 43.1. The molecule has 1 aromatic heterocycles. The van der Waals surface area contributed by atoms with Crippen molar-refractivity contribution in [2.75, 3.05) is 13.6 Å². The third-order valence-corrected chi connectivity index (χ3v) is 5.97. The number of benzene rings is 2. The zero-order chi connectivity index (χ0) is 25.4. The number of hydrogen-bond donors (Lipinski definition) is 2. The van der Waals surface area contributed by atoms with Gasteiger partial charge in [0.1, 0.15) is 5.75 Å². The largest absolute Gasteiger partial charge is 0.573 e. The van der Waals surface area contributed by atoms with Crippen molar-refractivity contribution in [2.45, 2.75) is 32.4 Å². The van der Waals surface area contributed by atoms with Crippen LogP contribution in [0.1, 0.15) is 17.7 Å². The van der Waals surface area contributed by atoms with E-state index in [2.05, 4.69) is 19.9 Å². The molecular weight excluding hydrogens is 505 g/mol. The molecule has 0 aliphatic carbocycles. The van der Waals surface area contributed by atoms with Gasteiger partial charge in [0, 0.05) is 42.3 Å². The summed E-state index contributed by atoms with van der Waals surface area (Å²) in [4.78, 5) is 18.1. The fourth-order valence-electron chi connectivity index (χ4n) is 3.32. The Kier molecular flexibility index (Phi) is 9.19. The van der Waals surface area contributed by atoms with Crippen molar-refractivity contribution in [3.8, 4) is 5.75 Å². The maximum atomic E-state index is 12.4. The number of nitrogens with zero attached hydrogens (tertiary/aromatic N) is 3. The minimum Gasteiger partial charge on any atom is -0.465 e. The number of ether oxygens (including phenoxy) is 1. The Morgan fingerprint density at radius 1 is 1.17 bits per heavy atom. The predicted molar refractivity (Wildman–Crippen MR) is 128 cm³/mol. The highest BCUT2D eigenvalue weighted by molar-refractivity contribution is 7.07. The van der Waals surface area contributed by atoms with E-state index in [0.717, 1.165) is 11.3 Å². The topological polar surface area (TPSA) is 79.1 Å². The van der Waals surface area contributed by atoms with Gasteiger partial charge in [0.2, 0.25) is 0 Å². The van der Waals surface area contributed by atoms with Crippen LogP contribution in [0.4, 0.5) is 23.7 Å². The zero-order valence-corrected chi connectivity index (χ0v) is 20.3. The summed E-state index contributed by atoms with van der Waals surface area (Å²) >= 11 is 7.36. The summed E-state index contributed by atoms with van der Waals surface area (Å²) in [7, 11) is 1.98. The van der Waals surface area contributed by atoms with Crippen LogP contribution in [-0.4, -0.2) is 40.6 Å². The highest BCUT2D eigenvalue weighted by atomic mass is 35.5. The number of carbonyl (C=O) groups is 1. The summed E-state index contributed by atoms with van der Waals surface area (Å²) in [6.45, 7) is 2.10. The normalized spacial score (nSPS) is 12.2. The first-order valence-electron chi connectivity index (χ1n) is 10.6. The summed E-state index contributed by atoms with van der Waals surface area (Å²) in [6, 6.07) is 12.9. The first-order chi connectivity index (χ1) is 16.6. The van der Waals surface area contributed by atoms with Crippen molar-refractivity contribution >= 4 is 34.7 Å². The van der Waals surface area contributed by atoms with Gasteiger partial charge in [-0.1, -0.05) is 23.7 Å². The van der Waals surface area contributed by atoms with E-state index < -0.39 is 12.5 Å². The van der Waals surface area contributed by atoms with Gasteiger partial charge in [-0.2, -0.15) is 0 Å². The molecule has 0 fully saturated rings. The molecule has 2 N–H and O–H groups in total. The van der Waals surface area contributed by atoms with Gasteiger partial charge in [-0.15, -0.1) is 24.5 Å². The maximum absolute atomic E-state index is 12.4. The second kappa shape index (κ2) is 12.1. The first-order valence-corrected chi connectivity index (χ1v) is 11.8. The number of hydrogen-bond acceptors (Lipinski definition) is 5. The van der Waals surface area contributed by atoms with Crippen molar-refractivity contribution in [1.29, 1.82) is 0 Å². The van der Waals surface area contributed by atoms with E-state index in [-0.39, 0.29) is 12.3 Å². The van der Waals surface area contributed by atoms with Crippen molar-refractivity contribution in [3.05, 3.63) is 75.0 Å². The van der Waals surface area contributed by atoms with E-state index in [9.17, 15) is 18.0 Å². The monoisotopic (exact) mass is 528 g/mol. The molecule has 0 saturated heterocycles. The summed E-state index contributed by atoms with van der Waals surface area (Å²) in [5.74, 6) is -0.320. The smallest absolute Gasteiger partial charge is 0.465 e. The van der Waals surface area contributed by atoms with Crippen molar-refractivity contribution in [1.82, 2.24) is 14.8 Å². The molecular formula is C23H24ClF3N4O3S. The van der Waals surface area contributed by atoms with Gasteiger partial charge >= 0.3 is 12.5 Å². The molecule has 1 amide bonds. The number of thiazole rings is 1. The van der Waals surface area contributed by atoms with Crippen LogP contribution in [0, 0.1) is 0 Å². The summed E-state index contributed by atoms with van der Waals surface area (Å²) in [5.41, 5.74) is 2.56. The Labute approximate surface area is 209 Å². The van der Waals surface area contributed by atoms with Crippen LogP contribution < -0.4 is 14.9 Å². The fourth-order valence-corrected chi connectivity index (χ4v) is 4.38. The quantitative estimate of drug-likeness (QED) is 0.335. The lowest BCUT2D eigenvalue weighted by Crippen LogP contribution is -2.26. The molecule has 0 bridgehead atoms. The van der Waals surface area contributed by atoms with Crippen LogP contribution in [0.15, 0.2) is 58.9 Å². The van der Waals surface area contributed by atoms with Crippen LogP contribution in [0.5, 0.6) is 5.75 Å². The fraction of sp³-hybridized carbons (Fsp3) is 0.304. The molecule has 0 atom stereocenters. The molecule has 2 aromatic carbocycles. The molecule has 7 nitrogen and oxygen atoms in total. The van der Waals surface area contributed by atoms with Crippen molar-refractivity contribution < 1.29 is 27.8 Å². The van der Waals surface area contributed by atoms with Crippen molar-refractivity contribution in [3.63, 3.8) is 0 Å². The standard InChI is InChI=1S/C23H24ClF3N4O3S/c1-30(13-16-3-5-17(24)6-4-16)14-19-15-35-21(31(19)12-2-11-28-22(32)33)29-18-7-9-20(10-8-18)34-23(25,26)27/h3-10,15,28H,2,11-14H2,1H3,(H,32,33). The third-order valence-electron chi connectivity index (χ3n) is 4.81. The van der Waals surface area contributed by atoms with E-state index in [1.54, 1.807) is 0 Å². The van der Waals surface area contributed by atoms with Gasteiger partial charge in [0.05, 0.1) is 5.69 Å². The summed E-state index contributed by atoms with van der Waals surface area (Å²) in [6.07, 6.45) is -5.30. The zero-order valence-electron chi connectivity index (χ0n) is 18.8. The number of carboxylic acid groups (broad SMARTS) is 1. The minimum atomic E-state index is -4.76. The van der Waals surface area contributed by atoms with E-state index in [4.69, 9.17) is 16.7 Å². The van der Waals surface area contributed by atoms with Gasteiger partial charge in [-0.25, -0.2) is 9.79 Å². The van der Waals surface area contributed by atoms with Crippen LogP contribution in [0.2, 0.25) is 5.02 Å². The molecule has 12 heteroatoms. The molecule has 0 aliphatic heterocycles. The Balaban J connectivity index is 1.79. The molecule has 3 rings (SSSR count). The lowest BCUT2D eigenvalue weighted by Gasteiger charge is -2.18. The van der Waals surface area contributed by atoms with E-state index in [1.165, 1.54) is 35.6 Å². The van der Waals surface area contributed by atoms with E-state index in [1.807, 2.05) is 41.3 Å². The summed E-state index contributed by atoms with van der Waals surface area (Å²) in [5, 5.41) is 13.8. The van der Waals surface area contributed by atoms with Crippen molar-refractivity contribution in [2.24, 2.45) is 4.99 Å². The molecule has 0 unspecified atom stereocenters. The Hall–Kier alpha value is -3.02. The lowest BCUT2D eigenvalue weighted by molar-refractivity contribution is -0.274. The van der Waals surface area contributed by atoms with Gasteiger partial charge in [0.15, 0.2) is 4.80 Å².